The number of rotatable bonds is 22. The third-order valence-corrected chi connectivity index (χ3v) is 11.9. The van der Waals surface area contributed by atoms with Gasteiger partial charge in [-0.15, -0.1) is 5.76 Å². The van der Waals surface area contributed by atoms with Gasteiger partial charge in [-0.1, -0.05) is 60.6 Å². The van der Waals surface area contributed by atoms with Gasteiger partial charge >= 0.3 is 37.7 Å². The first-order valence-electron chi connectivity index (χ1n) is 19.4. The van der Waals surface area contributed by atoms with Crippen LogP contribution < -0.4 is 10.2 Å². The summed E-state index contributed by atoms with van der Waals surface area (Å²) in [6.07, 6.45) is 10.2. The van der Waals surface area contributed by atoms with Crippen LogP contribution in [0.2, 0.25) is 0 Å². The third-order valence-electron chi connectivity index (χ3n) is 11.9. The Kier molecular flexibility index (Phi) is 21.1. The molecule has 0 bridgehead atoms. The number of ether oxygens (including phenoxy) is 2. The summed E-state index contributed by atoms with van der Waals surface area (Å²) < 4.78 is 12.7. The van der Waals surface area contributed by atoms with E-state index in [1.165, 1.54) is 6.08 Å². The second-order valence-electron chi connectivity index (χ2n) is 17.1. The van der Waals surface area contributed by atoms with Crippen molar-refractivity contribution in [1.82, 2.24) is 0 Å². The largest absolute Gasteiger partial charge is 2.00 e. The van der Waals surface area contributed by atoms with Gasteiger partial charge in [0.1, 0.15) is 0 Å². The summed E-state index contributed by atoms with van der Waals surface area (Å²) in [6, 6.07) is 0. The molecule has 9 nitrogen and oxygen atoms in total. The van der Waals surface area contributed by atoms with Crippen LogP contribution in [0.1, 0.15) is 140 Å². The van der Waals surface area contributed by atoms with Crippen LogP contribution in [0, 0.1) is 41.4 Å². The molecule has 2 saturated heterocycles. The first-order chi connectivity index (χ1) is 23.2. The fourth-order valence-electron chi connectivity index (χ4n) is 8.00. The molecule has 0 spiro atoms. The summed E-state index contributed by atoms with van der Waals surface area (Å²) in [5, 5.41) is 55.9. The van der Waals surface area contributed by atoms with E-state index >= 15 is 0 Å². The molecular weight excluding hydrogens is 677 g/mol. The van der Waals surface area contributed by atoms with E-state index in [4.69, 9.17) is 9.47 Å². The van der Waals surface area contributed by atoms with Crippen molar-refractivity contribution in [2.75, 3.05) is 0 Å². The van der Waals surface area contributed by atoms with Gasteiger partial charge in [0, 0.05) is 23.7 Å². The summed E-state index contributed by atoms with van der Waals surface area (Å²) >= 11 is 0. The summed E-state index contributed by atoms with van der Waals surface area (Å²) in [5.41, 5.74) is -1.02. The fourth-order valence-corrected chi connectivity index (χ4v) is 8.00. The van der Waals surface area contributed by atoms with Crippen molar-refractivity contribution in [3.05, 3.63) is 24.0 Å². The maximum absolute atomic E-state index is 12.9. The second kappa shape index (κ2) is 22.1. The van der Waals surface area contributed by atoms with E-state index in [-0.39, 0.29) is 109 Å². The monoisotopic (exact) mass is 746 g/mol. The summed E-state index contributed by atoms with van der Waals surface area (Å²) in [7, 11) is 0. The van der Waals surface area contributed by atoms with Crippen molar-refractivity contribution in [2.45, 2.75) is 182 Å². The molecule has 0 aromatic rings. The van der Waals surface area contributed by atoms with Crippen LogP contribution in [0.3, 0.4) is 0 Å². The molecule has 2 fully saturated rings. The molecule has 0 aromatic carbocycles. The summed E-state index contributed by atoms with van der Waals surface area (Å²) in [4.78, 5) is 23.5. The minimum atomic E-state index is -1.04. The first kappa shape index (κ1) is 48.5. The number of aliphatic hydroxyl groups excluding tert-OH is 3. The van der Waals surface area contributed by atoms with Gasteiger partial charge in [-0.3, -0.25) is 4.79 Å². The molecule has 10 heteroatoms. The topological polar surface area (TPSA) is 159 Å². The Labute approximate surface area is 339 Å². The van der Waals surface area contributed by atoms with Crippen molar-refractivity contribution in [3.63, 3.8) is 0 Å². The van der Waals surface area contributed by atoms with E-state index in [9.17, 15) is 35.1 Å². The van der Waals surface area contributed by atoms with Crippen LogP contribution >= 0.6 is 0 Å². The zero-order valence-electron chi connectivity index (χ0n) is 33.4. The molecule has 0 saturated carbocycles. The van der Waals surface area contributed by atoms with Crippen molar-refractivity contribution in [3.8, 4) is 0 Å². The van der Waals surface area contributed by atoms with Crippen LogP contribution in [-0.2, 0) is 19.1 Å². The van der Waals surface area contributed by atoms with Crippen LogP contribution in [-0.4, -0.2) is 107 Å². The summed E-state index contributed by atoms with van der Waals surface area (Å²) in [6.45, 7) is 19.4. The van der Waals surface area contributed by atoms with E-state index in [1.54, 1.807) is 6.92 Å². The van der Waals surface area contributed by atoms with E-state index in [0.717, 1.165) is 38.5 Å². The number of carboxylic acid groups (broad SMARTS) is 1. The third kappa shape index (κ3) is 15.6. The molecule has 3 N–H and O–H groups in total. The number of aliphatic carboxylic acids is 1. The normalized spacial score (nSPS) is 30.1. The molecule has 51 heavy (non-hydrogen) atoms. The number of hydrogen-bond acceptors (Lipinski definition) is 9. The molecule has 14 unspecified atom stereocenters. The maximum Gasteiger partial charge on any atom is 2.00 e. The van der Waals surface area contributed by atoms with Gasteiger partial charge in [-0.05, 0) is 121 Å². The predicted molar refractivity (Wildman–Crippen MR) is 198 cm³/mol. The average Bonchev–Trinajstić information content (AvgIpc) is 3.63. The Morgan fingerprint density at radius 2 is 1.47 bits per heavy atom. The Morgan fingerprint density at radius 3 is 2.06 bits per heavy atom. The standard InChI is InChI=1S/C41H72O9.Ca/c1-25(21-29(5)34(43)24-35(44)30(6)22-27(3)20-26(2)14-15-38(46)47)12-11-13-28(4)39(48)31(7)36(45)23-33-16-18-41(10,49-33)37-17-19-40(9,50-37)32(8)42;/h11,13,24-33,36-37,39,42-43,45,48H,12,14-23H2,1-10H3,(H,46,47);/q;+2/p-2. The molecule has 290 valence electrons. The van der Waals surface area contributed by atoms with E-state index in [2.05, 4.69) is 20.8 Å². The number of ketones is 1. The van der Waals surface area contributed by atoms with Crippen molar-refractivity contribution in [2.24, 2.45) is 41.4 Å². The maximum atomic E-state index is 12.9. The van der Waals surface area contributed by atoms with Gasteiger partial charge < -0.3 is 39.8 Å². The molecule has 14 atom stereocenters. The first-order valence-corrected chi connectivity index (χ1v) is 19.4. The Hall–Kier alpha value is -0.520. The molecule has 2 aliphatic heterocycles. The van der Waals surface area contributed by atoms with Gasteiger partial charge in [-0.2, -0.15) is 0 Å². The molecular formula is C41H70CaO9. The Bertz CT molecular complexity index is 1130. The van der Waals surface area contributed by atoms with Crippen molar-refractivity contribution < 1.29 is 44.6 Å². The number of carbonyl (C=O) groups is 2. The van der Waals surface area contributed by atoms with Crippen LogP contribution in [0.25, 0.3) is 0 Å². The quantitative estimate of drug-likeness (QED) is 0.0607. The predicted octanol–water partition coefficient (Wildman–Crippen LogP) is 4.89. The zero-order chi connectivity index (χ0) is 38.0. The minimum Gasteiger partial charge on any atom is -0.875 e. The zero-order valence-corrected chi connectivity index (χ0v) is 35.6. The Balaban J connectivity index is 0.0000130. The van der Waals surface area contributed by atoms with Crippen LogP contribution in [0.5, 0.6) is 0 Å². The molecule has 0 aliphatic carbocycles. The van der Waals surface area contributed by atoms with Gasteiger partial charge in [0.15, 0.2) is 5.78 Å². The number of hydrogen-bond donors (Lipinski definition) is 3. The van der Waals surface area contributed by atoms with Crippen molar-refractivity contribution in [1.29, 1.82) is 0 Å². The van der Waals surface area contributed by atoms with Crippen LogP contribution in [0.15, 0.2) is 24.0 Å². The second-order valence-corrected chi connectivity index (χ2v) is 17.1. The average molecular weight is 747 g/mol. The Morgan fingerprint density at radius 1 is 0.843 bits per heavy atom. The molecule has 2 rings (SSSR count). The van der Waals surface area contributed by atoms with E-state index in [1.807, 2.05) is 53.7 Å². The van der Waals surface area contributed by atoms with Gasteiger partial charge in [-0.25, -0.2) is 0 Å². The van der Waals surface area contributed by atoms with E-state index < -0.39 is 35.5 Å². The SMILES string of the molecule is CC(CCC(=O)[O-])CC(C)CC(C)C(=O)C=C([O-])C(C)CC(C)CC=CC(C)C(O)C(C)C(O)CC1CCC(C)(C2CCC(C)(C(C)O)O2)O1.[Ca+2]. The smallest absolute Gasteiger partial charge is 0.875 e. The molecule has 2 heterocycles. The number of allylic oxidation sites excluding steroid dienone is 3. The van der Waals surface area contributed by atoms with Crippen LogP contribution in [0.4, 0.5) is 0 Å². The van der Waals surface area contributed by atoms with Gasteiger partial charge in [0.2, 0.25) is 0 Å². The molecule has 0 amide bonds. The van der Waals surface area contributed by atoms with E-state index in [0.29, 0.717) is 25.7 Å². The number of carbonyl (C=O) groups excluding carboxylic acids is 2. The van der Waals surface area contributed by atoms with Gasteiger partial charge in [0.05, 0.1) is 41.7 Å². The molecule has 0 aromatic heterocycles. The number of carboxylic acids is 1. The summed E-state index contributed by atoms with van der Waals surface area (Å²) in [5.74, 6) is -1.73. The fraction of sp³-hybridized carbons (Fsp3) is 0.854. The minimum absolute atomic E-state index is 0. The number of aliphatic hydroxyl groups is 3. The molecule has 2 aliphatic rings. The molecule has 0 radical (unpaired) electrons. The van der Waals surface area contributed by atoms with Crippen molar-refractivity contribution >= 4 is 49.5 Å². The van der Waals surface area contributed by atoms with Gasteiger partial charge in [0.25, 0.3) is 0 Å².